The Hall–Kier alpha value is -1.59. The van der Waals surface area contributed by atoms with Gasteiger partial charge < -0.3 is 4.74 Å². The third-order valence-electron chi connectivity index (χ3n) is 3.99. The van der Waals surface area contributed by atoms with Crippen molar-refractivity contribution >= 4 is 5.78 Å². The molecule has 0 aliphatic heterocycles. The maximum atomic E-state index is 13.3. The fraction of sp³-hybridized carbons (Fsp3) is 0.533. The van der Waals surface area contributed by atoms with Crippen molar-refractivity contribution in [2.24, 2.45) is 11.8 Å². The largest absolute Gasteiger partial charge is 0.496 e. The van der Waals surface area contributed by atoms with E-state index < -0.39 is 23.8 Å². The average Bonchev–Trinajstić information content (AvgIpc) is 2.45. The molecular formula is C15H16F4O2. The van der Waals surface area contributed by atoms with Crippen molar-refractivity contribution < 1.29 is 27.1 Å². The SMILES string of the molecule is COc1ccc(F)cc1C(=O)C1CCC(C(F)(F)F)CC1. The van der Waals surface area contributed by atoms with E-state index in [0.717, 1.165) is 6.07 Å². The number of ether oxygens (including phenoxy) is 1. The molecular weight excluding hydrogens is 288 g/mol. The van der Waals surface area contributed by atoms with E-state index in [2.05, 4.69) is 0 Å². The Kier molecular flexibility index (Phi) is 4.54. The Balaban J connectivity index is 2.11. The maximum absolute atomic E-state index is 13.3. The highest BCUT2D eigenvalue weighted by Crippen LogP contribution is 2.40. The van der Waals surface area contributed by atoms with E-state index in [1.54, 1.807) is 0 Å². The number of carbonyl (C=O) groups is 1. The molecule has 0 radical (unpaired) electrons. The monoisotopic (exact) mass is 304 g/mol. The van der Waals surface area contributed by atoms with Gasteiger partial charge in [0.05, 0.1) is 18.6 Å². The first kappa shape index (κ1) is 15.8. The number of benzene rings is 1. The molecule has 1 fully saturated rings. The smallest absolute Gasteiger partial charge is 0.391 e. The Morgan fingerprint density at radius 3 is 2.33 bits per heavy atom. The van der Waals surface area contributed by atoms with Gasteiger partial charge in [-0.25, -0.2) is 4.39 Å². The minimum atomic E-state index is -4.20. The normalized spacial score (nSPS) is 22.9. The fourth-order valence-corrected chi connectivity index (χ4v) is 2.78. The van der Waals surface area contributed by atoms with Gasteiger partial charge in [-0.15, -0.1) is 0 Å². The zero-order chi connectivity index (χ0) is 15.6. The van der Waals surface area contributed by atoms with Crippen LogP contribution in [0.3, 0.4) is 0 Å². The summed E-state index contributed by atoms with van der Waals surface area (Å²) in [4.78, 5) is 12.4. The predicted octanol–water partition coefficient (Wildman–Crippen LogP) is 4.39. The second-order valence-electron chi connectivity index (χ2n) is 5.30. The molecule has 0 bridgehead atoms. The van der Waals surface area contributed by atoms with Crippen LogP contribution in [0.4, 0.5) is 17.6 Å². The van der Waals surface area contributed by atoms with Gasteiger partial charge in [0, 0.05) is 5.92 Å². The number of hydrogen-bond acceptors (Lipinski definition) is 2. The van der Waals surface area contributed by atoms with E-state index >= 15 is 0 Å². The number of carbonyl (C=O) groups excluding carboxylic acids is 1. The topological polar surface area (TPSA) is 26.3 Å². The molecule has 2 rings (SSSR count). The van der Waals surface area contributed by atoms with Crippen LogP contribution in [0.2, 0.25) is 0 Å². The average molecular weight is 304 g/mol. The third-order valence-corrected chi connectivity index (χ3v) is 3.99. The molecule has 0 N–H and O–H groups in total. The molecule has 0 aromatic heterocycles. The lowest BCUT2D eigenvalue weighted by Crippen LogP contribution is -2.30. The van der Waals surface area contributed by atoms with Crippen LogP contribution in [-0.4, -0.2) is 19.1 Å². The summed E-state index contributed by atoms with van der Waals surface area (Å²) in [5, 5.41) is 0. The van der Waals surface area contributed by atoms with Gasteiger partial charge in [-0.05, 0) is 43.9 Å². The van der Waals surface area contributed by atoms with Crippen molar-refractivity contribution in [2.75, 3.05) is 7.11 Å². The van der Waals surface area contributed by atoms with Crippen LogP contribution in [0.5, 0.6) is 5.75 Å². The zero-order valence-electron chi connectivity index (χ0n) is 11.5. The second-order valence-corrected chi connectivity index (χ2v) is 5.30. The molecule has 6 heteroatoms. The quantitative estimate of drug-likeness (QED) is 0.611. The Bertz CT molecular complexity index is 517. The Morgan fingerprint density at radius 2 is 1.81 bits per heavy atom. The molecule has 1 aromatic carbocycles. The van der Waals surface area contributed by atoms with Gasteiger partial charge in [0.2, 0.25) is 0 Å². The number of Topliss-reactive ketones (excluding diaryl/α,β-unsaturated/α-hetero) is 1. The molecule has 0 amide bonds. The first-order chi connectivity index (χ1) is 9.82. The molecule has 116 valence electrons. The van der Waals surface area contributed by atoms with Gasteiger partial charge in [0.1, 0.15) is 11.6 Å². The lowest BCUT2D eigenvalue weighted by Gasteiger charge is -2.29. The fourth-order valence-electron chi connectivity index (χ4n) is 2.78. The van der Waals surface area contributed by atoms with Crippen LogP contribution in [0.25, 0.3) is 0 Å². The van der Waals surface area contributed by atoms with Gasteiger partial charge in [-0.1, -0.05) is 0 Å². The number of ketones is 1. The number of methoxy groups -OCH3 is 1. The molecule has 0 heterocycles. The highest BCUT2D eigenvalue weighted by Gasteiger charge is 2.42. The molecule has 1 aliphatic rings. The molecule has 0 atom stereocenters. The molecule has 1 saturated carbocycles. The standard InChI is InChI=1S/C15H16F4O2/c1-21-13-7-6-11(16)8-12(13)14(20)9-2-4-10(5-3-9)15(17,18)19/h6-10H,2-5H2,1H3. The molecule has 2 nitrogen and oxygen atoms in total. The van der Waals surface area contributed by atoms with Crippen molar-refractivity contribution in [3.8, 4) is 5.75 Å². The summed E-state index contributed by atoms with van der Waals surface area (Å²) in [5.74, 6) is -2.50. The van der Waals surface area contributed by atoms with Gasteiger partial charge >= 0.3 is 6.18 Å². The first-order valence-electron chi connectivity index (χ1n) is 6.77. The van der Waals surface area contributed by atoms with Crippen LogP contribution < -0.4 is 4.74 Å². The predicted molar refractivity (Wildman–Crippen MR) is 68.8 cm³/mol. The summed E-state index contributed by atoms with van der Waals surface area (Å²) in [5.41, 5.74) is 0.105. The number of hydrogen-bond donors (Lipinski definition) is 0. The molecule has 1 aliphatic carbocycles. The van der Waals surface area contributed by atoms with E-state index in [1.165, 1.54) is 19.2 Å². The summed E-state index contributed by atoms with van der Waals surface area (Å²) in [7, 11) is 1.37. The van der Waals surface area contributed by atoms with Gasteiger partial charge in [-0.2, -0.15) is 13.2 Å². The van der Waals surface area contributed by atoms with Gasteiger partial charge in [0.15, 0.2) is 5.78 Å². The minimum absolute atomic E-state index is 0.0580. The van der Waals surface area contributed by atoms with Gasteiger partial charge in [0.25, 0.3) is 0 Å². The van der Waals surface area contributed by atoms with Crippen LogP contribution in [-0.2, 0) is 0 Å². The Morgan fingerprint density at radius 1 is 1.19 bits per heavy atom. The first-order valence-corrected chi connectivity index (χ1v) is 6.77. The van der Waals surface area contributed by atoms with Crippen LogP contribution in [0.15, 0.2) is 18.2 Å². The van der Waals surface area contributed by atoms with Crippen molar-refractivity contribution in [3.05, 3.63) is 29.6 Å². The number of alkyl halides is 3. The van der Waals surface area contributed by atoms with Crippen molar-refractivity contribution in [1.82, 2.24) is 0 Å². The highest BCUT2D eigenvalue weighted by atomic mass is 19.4. The lowest BCUT2D eigenvalue weighted by atomic mass is 9.78. The van der Waals surface area contributed by atoms with E-state index in [9.17, 15) is 22.4 Å². The van der Waals surface area contributed by atoms with Crippen molar-refractivity contribution in [1.29, 1.82) is 0 Å². The summed E-state index contributed by atoms with van der Waals surface area (Å²) in [6.07, 6.45) is -3.98. The lowest BCUT2D eigenvalue weighted by molar-refractivity contribution is -0.183. The second kappa shape index (κ2) is 6.03. The molecule has 0 unspecified atom stereocenters. The summed E-state index contributed by atoms with van der Waals surface area (Å²) in [6.45, 7) is 0. The van der Waals surface area contributed by atoms with Crippen LogP contribution in [0, 0.1) is 17.7 Å². The third kappa shape index (κ3) is 3.54. The number of rotatable bonds is 3. The minimum Gasteiger partial charge on any atom is -0.496 e. The summed E-state index contributed by atoms with van der Waals surface area (Å²) < 4.78 is 56.1. The summed E-state index contributed by atoms with van der Waals surface area (Å²) in [6, 6.07) is 3.61. The zero-order valence-corrected chi connectivity index (χ0v) is 11.5. The van der Waals surface area contributed by atoms with E-state index in [-0.39, 0.29) is 42.8 Å². The number of halogens is 4. The molecule has 21 heavy (non-hydrogen) atoms. The van der Waals surface area contributed by atoms with Crippen LogP contribution >= 0.6 is 0 Å². The molecule has 0 saturated heterocycles. The summed E-state index contributed by atoms with van der Waals surface area (Å²) >= 11 is 0. The van der Waals surface area contributed by atoms with Crippen molar-refractivity contribution in [2.45, 2.75) is 31.9 Å². The maximum Gasteiger partial charge on any atom is 0.391 e. The van der Waals surface area contributed by atoms with E-state index in [1.807, 2.05) is 0 Å². The van der Waals surface area contributed by atoms with E-state index in [4.69, 9.17) is 4.74 Å². The van der Waals surface area contributed by atoms with Crippen LogP contribution in [0.1, 0.15) is 36.0 Å². The molecule has 0 spiro atoms. The van der Waals surface area contributed by atoms with E-state index in [0.29, 0.717) is 0 Å². The highest BCUT2D eigenvalue weighted by molar-refractivity contribution is 6.00. The molecule has 1 aromatic rings. The van der Waals surface area contributed by atoms with Crippen molar-refractivity contribution in [3.63, 3.8) is 0 Å². The Labute approximate surface area is 120 Å². The van der Waals surface area contributed by atoms with Gasteiger partial charge in [-0.3, -0.25) is 4.79 Å².